The molecule has 0 heterocycles. The second-order valence-electron chi connectivity index (χ2n) is 2.23. The molecule has 58 valence electrons. The summed E-state index contributed by atoms with van der Waals surface area (Å²) in [5.41, 5.74) is 0.698. The summed E-state index contributed by atoms with van der Waals surface area (Å²) in [6, 6.07) is 5.72. The third kappa shape index (κ3) is 2.37. The second-order valence-corrected chi connectivity index (χ2v) is 2.23. The Hall–Kier alpha value is -1.38. The first-order valence-corrected chi connectivity index (χ1v) is 3.19. The standard InChI is InChI=1S/C8H8FNO/c1-10(11)6-7-2-4-8(9)5-3-7/h2-6H,1H3. The lowest BCUT2D eigenvalue weighted by atomic mass is 10.2. The SMILES string of the molecule is C[N+]([O-])=Cc1ccc(F)cc1. The summed E-state index contributed by atoms with van der Waals surface area (Å²) < 4.78 is 13.0. The van der Waals surface area contributed by atoms with E-state index in [1.807, 2.05) is 0 Å². The van der Waals surface area contributed by atoms with Gasteiger partial charge < -0.3 is 5.21 Å². The molecule has 0 amide bonds. The zero-order chi connectivity index (χ0) is 8.27. The van der Waals surface area contributed by atoms with Crippen molar-refractivity contribution < 1.29 is 9.13 Å². The van der Waals surface area contributed by atoms with Crippen molar-refractivity contribution in [1.82, 2.24) is 0 Å². The normalized spacial score (nSPS) is 11.6. The van der Waals surface area contributed by atoms with E-state index >= 15 is 0 Å². The summed E-state index contributed by atoms with van der Waals surface area (Å²) in [5, 5.41) is 10.5. The van der Waals surface area contributed by atoms with Gasteiger partial charge in [0.2, 0.25) is 0 Å². The third-order valence-corrected chi connectivity index (χ3v) is 1.20. The summed E-state index contributed by atoms with van der Waals surface area (Å²) in [6.45, 7) is 0. The van der Waals surface area contributed by atoms with Crippen LogP contribution in [0, 0.1) is 11.0 Å². The predicted molar refractivity (Wildman–Crippen MR) is 41.1 cm³/mol. The van der Waals surface area contributed by atoms with Crippen LogP contribution in [-0.2, 0) is 0 Å². The number of nitrogens with zero attached hydrogens (tertiary/aromatic N) is 1. The Labute approximate surface area is 64.2 Å². The van der Waals surface area contributed by atoms with Gasteiger partial charge in [-0.15, -0.1) is 0 Å². The first-order valence-electron chi connectivity index (χ1n) is 3.19. The van der Waals surface area contributed by atoms with Crippen molar-refractivity contribution in [2.24, 2.45) is 0 Å². The highest BCUT2D eigenvalue weighted by molar-refractivity contribution is 5.75. The van der Waals surface area contributed by atoms with Crippen LogP contribution < -0.4 is 0 Å². The molecule has 0 unspecified atom stereocenters. The number of halogens is 1. The quantitative estimate of drug-likeness (QED) is 0.259. The molecule has 11 heavy (non-hydrogen) atoms. The van der Waals surface area contributed by atoms with E-state index in [1.165, 1.54) is 25.4 Å². The molecule has 0 aromatic heterocycles. The molecule has 0 fully saturated rings. The van der Waals surface area contributed by atoms with Gasteiger partial charge in [-0.05, 0) is 24.3 Å². The van der Waals surface area contributed by atoms with E-state index in [2.05, 4.69) is 0 Å². The summed E-state index contributed by atoms with van der Waals surface area (Å²) in [6.07, 6.45) is 1.37. The highest BCUT2D eigenvalue weighted by atomic mass is 19.1. The van der Waals surface area contributed by atoms with Gasteiger partial charge in [-0.2, -0.15) is 0 Å². The largest absolute Gasteiger partial charge is 0.624 e. The average Bonchev–Trinajstić information content (AvgIpc) is 1.93. The first kappa shape index (κ1) is 7.72. The van der Waals surface area contributed by atoms with Crippen LogP contribution in [0.1, 0.15) is 5.56 Å². The van der Waals surface area contributed by atoms with Crippen molar-refractivity contribution in [3.63, 3.8) is 0 Å². The summed E-state index contributed by atoms with van der Waals surface area (Å²) in [4.78, 5) is 0. The molecule has 0 aliphatic rings. The average molecular weight is 153 g/mol. The van der Waals surface area contributed by atoms with E-state index in [-0.39, 0.29) is 5.82 Å². The molecule has 0 N–H and O–H groups in total. The minimum atomic E-state index is -0.296. The van der Waals surface area contributed by atoms with Gasteiger partial charge in [0.1, 0.15) is 12.9 Å². The maximum Gasteiger partial charge on any atom is 0.181 e. The maximum atomic E-state index is 12.3. The number of hydrogen-bond donors (Lipinski definition) is 0. The topological polar surface area (TPSA) is 26.1 Å². The predicted octanol–water partition coefficient (Wildman–Crippen LogP) is 1.38. The van der Waals surface area contributed by atoms with Gasteiger partial charge >= 0.3 is 0 Å². The third-order valence-electron chi connectivity index (χ3n) is 1.20. The lowest BCUT2D eigenvalue weighted by molar-refractivity contribution is -0.416. The Bertz CT molecular complexity index is 262. The van der Waals surface area contributed by atoms with E-state index in [9.17, 15) is 9.60 Å². The van der Waals surface area contributed by atoms with Crippen LogP contribution in [0.15, 0.2) is 24.3 Å². The van der Waals surface area contributed by atoms with Crippen molar-refractivity contribution in [3.05, 3.63) is 40.9 Å². The van der Waals surface area contributed by atoms with Crippen LogP contribution in [-0.4, -0.2) is 18.0 Å². The summed E-state index contributed by atoms with van der Waals surface area (Å²) >= 11 is 0. The Balaban J connectivity index is 2.91. The Morgan fingerprint density at radius 1 is 1.36 bits per heavy atom. The molecule has 0 saturated carbocycles. The highest BCUT2D eigenvalue weighted by Crippen LogP contribution is 1.99. The molecule has 0 atom stereocenters. The molecule has 0 radical (unpaired) electrons. The van der Waals surface area contributed by atoms with Crippen LogP contribution in [0.3, 0.4) is 0 Å². The fraction of sp³-hybridized carbons (Fsp3) is 0.125. The maximum absolute atomic E-state index is 12.3. The van der Waals surface area contributed by atoms with Gasteiger partial charge in [0.25, 0.3) is 0 Å². The van der Waals surface area contributed by atoms with Crippen molar-refractivity contribution in [3.8, 4) is 0 Å². The molecule has 1 aromatic rings. The summed E-state index contributed by atoms with van der Waals surface area (Å²) in [5.74, 6) is -0.296. The van der Waals surface area contributed by atoms with Crippen molar-refractivity contribution in [1.29, 1.82) is 0 Å². The number of hydroxylamine groups is 1. The van der Waals surface area contributed by atoms with Gasteiger partial charge in [-0.1, -0.05) is 0 Å². The van der Waals surface area contributed by atoms with Gasteiger partial charge in [-0.25, -0.2) is 9.13 Å². The first-order chi connectivity index (χ1) is 5.18. The minimum absolute atomic E-state index is 0.296. The van der Waals surface area contributed by atoms with E-state index in [1.54, 1.807) is 12.1 Å². The molecule has 0 aliphatic heterocycles. The molecule has 0 bridgehead atoms. The Morgan fingerprint density at radius 2 is 1.91 bits per heavy atom. The Morgan fingerprint density at radius 3 is 2.36 bits per heavy atom. The fourth-order valence-electron chi connectivity index (χ4n) is 0.759. The summed E-state index contributed by atoms with van der Waals surface area (Å²) in [7, 11) is 1.38. The zero-order valence-electron chi connectivity index (χ0n) is 6.12. The van der Waals surface area contributed by atoms with Gasteiger partial charge in [-0.3, -0.25) is 0 Å². The van der Waals surface area contributed by atoms with E-state index < -0.39 is 0 Å². The monoisotopic (exact) mass is 153 g/mol. The van der Waals surface area contributed by atoms with Crippen LogP contribution in [0.5, 0.6) is 0 Å². The lowest BCUT2D eigenvalue weighted by Gasteiger charge is -1.94. The van der Waals surface area contributed by atoms with Crippen molar-refractivity contribution in [2.45, 2.75) is 0 Å². The zero-order valence-corrected chi connectivity index (χ0v) is 6.12. The molecular formula is C8H8FNO. The number of hydrogen-bond acceptors (Lipinski definition) is 1. The molecule has 1 aromatic carbocycles. The smallest absolute Gasteiger partial charge is 0.181 e. The molecular weight excluding hydrogens is 145 g/mol. The molecule has 2 nitrogen and oxygen atoms in total. The van der Waals surface area contributed by atoms with Crippen LogP contribution in [0.2, 0.25) is 0 Å². The van der Waals surface area contributed by atoms with Crippen LogP contribution >= 0.6 is 0 Å². The molecule has 0 saturated heterocycles. The van der Waals surface area contributed by atoms with E-state index in [0.29, 0.717) is 10.3 Å². The van der Waals surface area contributed by atoms with Crippen molar-refractivity contribution >= 4 is 6.21 Å². The highest BCUT2D eigenvalue weighted by Gasteiger charge is 1.91. The van der Waals surface area contributed by atoms with Crippen LogP contribution in [0.4, 0.5) is 4.39 Å². The Kier molecular flexibility index (Phi) is 2.21. The second kappa shape index (κ2) is 3.14. The fourth-order valence-corrected chi connectivity index (χ4v) is 0.759. The van der Waals surface area contributed by atoms with E-state index in [0.717, 1.165) is 0 Å². The van der Waals surface area contributed by atoms with Gasteiger partial charge in [0.15, 0.2) is 6.21 Å². The lowest BCUT2D eigenvalue weighted by Crippen LogP contribution is -1.96. The molecule has 3 heteroatoms. The van der Waals surface area contributed by atoms with E-state index in [4.69, 9.17) is 0 Å². The van der Waals surface area contributed by atoms with Crippen molar-refractivity contribution in [2.75, 3.05) is 7.05 Å². The molecule has 0 aliphatic carbocycles. The molecule has 1 rings (SSSR count). The van der Waals surface area contributed by atoms with Gasteiger partial charge in [0.05, 0.1) is 0 Å². The van der Waals surface area contributed by atoms with Crippen LogP contribution in [0.25, 0.3) is 0 Å². The number of rotatable bonds is 1. The number of benzene rings is 1. The van der Waals surface area contributed by atoms with Gasteiger partial charge in [0, 0.05) is 5.56 Å². The molecule has 0 spiro atoms. The minimum Gasteiger partial charge on any atom is -0.624 e.